The standard InChI is InChI=1S/C14H17NO4/c1-8(17)13-11(15-14(13)19)6-12(18)10-4-2-3-9(5-10)7-16/h2-5,8,11,13,16-17H,6-7H2,1H3,(H,15,19)/t8-,11-,13-/m1/s1. The Labute approximate surface area is 111 Å². The van der Waals surface area contributed by atoms with Gasteiger partial charge in [0.2, 0.25) is 5.91 Å². The first-order valence-corrected chi connectivity index (χ1v) is 6.24. The first kappa shape index (κ1) is 13.7. The molecule has 0 spiro atoms. The molecule has 3 atom stereocenters. The van der Waals surface area contributed by atoms with Crippen molar-refractivity contribution in [2.45, 2.75) is 32.1 Å². The summed E-state index contributed by atoms with van der Waals surface area (Å²) in [5, 5.41) is 21.1. The van der Waals surface area contributed by atoms with Crippen molar-refractivity contribution in [1.82, 2.24) is 5.32 Å². The molecule has 0 aliphatic carbocycles. The fourth-order valence-corrected chi connectivity index (χ4v) is 2.35. The number of aliphatic hydroxyl groups is 2. The van der Waals surface area contributed by atoms with Crippen molar-refractivity contribution in [2.75, 3.05) is 0 Å². The van der Waals surface area contributed by atoms with Crippen molar-refractivity contribution >= 4 is 11.7 Å². The lowest BCUT2D eigenvalue weighted by atomic mass is 9.82. The molecular formula is C14H17NO4. The molecule has 1 amide bonds. The molecule has 1 aromatic rings. The summed E-state index contributed by atoms with van der Waals surface area (Å²) < 4.78 is 0. The van der Waals surface area contributed by atoms with Gasteiger partial charge in [-0.25, -0.2) is 0 Å². The van der Waals surface area contributed by atoms with Gasteiger partial charge < -0.3 is 15.5 Å². The highest BCUT2D eigenvalue weighted by Gasteiger charge is 2.43. The Hall–Kier alpha value is -1.72. The van der Waals surface area contributed by atoms with E-state index in [2.05, 4.69) is 5.32 Å². The second kappa shape index (κ2) is 5.50. The first-order valence-electron chi connectivity index (χ1n) is 6.24. The van der Waals surface area contributed by atoms with E-state index in [4.69, 9.17) is 5.11 Å². The number of amides is 1. The minimum absolute atomic E-state index is 0.106. The molecule has 102 valence electrons. The van der Waals surface area contributed by atoms with Crippen LogP contribution in [0.1, 0.15) is 29.3 Å². The maximum Gasteiger partial charge on any atom is 0.228 e. The topological polar surface area (TPSA) is 86.6 Å². The Morgan fingerprint density at radius 3 is 2.79 bits per heavy atom. The molecule has 19 heavy (non-hydrogen) atoms. The lowest BCUT2D eigenvalue weighted by Gasteiger charge is -2.38. The average molecular weight is 263 g/mol. The zero-order valence-electron chi connectivity index (χ0n) is 10.7. The molecule has 1 saturated heterocycles. The third-order valence-corrected chi connectivity index (χ3v) is 3.42. The van der Waals surface area contributed by atoms with Crippen molar-refractivity contribution in [3.05, 3.63) is 35.4 Å². The molecule has 0 radical (unpaired) electrons. The number of carbonyl (C=O) groups is 2. The maximum atomic E-state index is 12.1. The molecule has 1 heterocycles. The highest BCUT2D eigenvalue weighted by Crippen LogP contribution is 2.23. The van der Waals surface area contributed by atoms with Gasteiger partial charge in [0, 0.05) is 12.0 Å². The van der Waals surface area contributed by atoms with Crippen LogP contribution in [0.2, 0.25) is 0 Å². The van der Waals surface area contributed by atoms with Crippen LogP contribution < -0.4 is 5.32 Å². The molecule has 2 rings (SSSR count). The van der Waals surface area contributed by atoms with Gasteiger partial charge >= 0.3 is 0 Å². The summed E-state index contributed by atoms with van der Waals surface area (Å²) in [5.74, 6) is -0.826. The summed E-state index contributed by atoms with van der Waals surface area (Å²) in [4.78, 5) is 23.4. The van der Waals surface area contributed by atoms with Crippen molar-refractivity contribution in [1.29, 1.82) is 0 Å². The van der Waals surface area contributed by atoms with Crippen LogP contribution in [-0.2, 0) is 11.4 Å². The van der Waals surface area contributed by atoms with E-state index in [0.29, 0.717) is 11.1 Å². The van der Waals surface area contributed by atoms with Crippen molar-refractivity contribution < 1.29 is 19.8 Å². The molecule has 3 N–H and O–H groups in total. The Morgan fingerprint density at radius 1 is 1.47 bits per heavy atom. The normalized spacial score (nSPS) is 23.4. The Kier molecular flexibility index (Phi) is 3.97. The van der Waals surface area contributed by atoms with E-state index in [1.807, 2.05) is 0 Å². The molecule has 0 saturated carbocycles. The van der Waals surface area contributed by atoms with Crippen LogP contribution in [0.4, 0.5) is 0 Å². The second-order valence-electron chi connectivity index (χ2n) is 4.87. The van der Waals surface area contributed by atoms with Crippen molar-refractivity contribution in [2.24, 2.45) is 5.92 Å². The van der Waals surface area contributed by atoms with E-state index in [-0.39, 0.29) is 30.8 Å². The van der Waals surface area contributed by atoms with E-state index in [0.717, 1.165) is 0 Å². The predicted octanol–water partition coefficient (Wildman–Crippen LogP) is 0.247. The number of rotatable bonds is 5. The summed E-state index contributed by atoms with van der Waals surface area (Å²) in [6.07, 6.45) is -0.591. The van der Waals surface area contributed by atoms with Gasteiger partial charge in [-0.1, -0.05) is 18.2 Å². The van der Waals surface area contributed by atoms with Crippen LogP contribution in [0, 0.1) is 5.92 Å². The van der Waals surface area contributed by atoms with Crippen molar-refractivity contribution in [3.63, 3.8) is 0 Å². The SMILES string of the molecule is C[C@@H](O)[C@H]1C(=O)N[C@@H]1CC(=O)c1cccc(CO)c1. The van der Waals surface area contributed by atoms with E-state index in [9.17, 15) is 14.7 Å². The van der Waals surface area contributed by atoms with Crippen LogP contribution in [0.15, 0.2) is 24.3 Å². The molecule has 1 fully saturated rings. The van der Waals surface area contributed by atoms with Crippen molar-refractivity contribution in [3.8, 4) is 0 Å². The number of benzene rings is 1. The number of carbonyl (C=O) groups excluding carboxylic acids is 2. The third-order valence-electron chi connectivity index (χ3n) is 3.42. The number of nitrogens with one attached hydrogen (secondary N) is 1. The van der Waals surface area contributed by atoms with Gasteiger partial charge in [-0.05, 0) is 18.6 Å². The molecule has 5 nitrogen and oxygen atoms in total. The molecule has 0 bridgehead atoms. The van der Waals surface area contributed by atoms with Crippen LogP contribution in [-0.4, -0.2) is 34.0 Å². The van der Waals surface area contributed by atoms with Crippen LogP contribution >= 0.6 is 0 Å². The fourth-order valence-electron chi connectivity index (χ4n) is 2.35. The predicted molar refractivity (Wildman–Crippen MR) is 68.4 cm³/mol. The molecule has 1 aromatic carbocycles. The van der Waals surface area contributed by atoms with E-state index >= 15 is 0 Å². The van der Waals surface area contributed by atoms with Gasteiger partial charge in [-0.2, -0.15) is 0 Å². The number of ketones is 1. The van der Waals surface area contributed by atoms with Crippen LogP contribution in [0.3, 0.4) is 0 Å². The Morgan fingerprint density at radius 2 is 2.21 bits per heavy atom. The van der Waals surface area contributed by atoms with Crippen LogP contribution in [0.5, 0.6) is 0 Å². The quantitative estimate of drug-likeness (QED) is 0.525. The fraction of sp³-hybridized carbons (Fsp3) is 0.429. The molecule has 0 unspecified atom stereocenters. The maximum absolute atomic E-state index is 12.1. The zero-order valence-corrected chi connectivity index (χ0v) is 10.7. The van der Waals surface area contributed by atoms with E-state index in [1.165, 1.54) is 0 Å². The highest BCUT2D eigenvalue weighted by atomic mass is 16.3. The molecule has 5 heteroatoms. The number of hydrogen-bond acceptors (Lipinski definition) is 4. The summed E-state index contributed by atoms with van der Waals surface area (Å²) in [6, 6.07) is 6.46. The molecule has 0 aromatic heterocycles. The van der Waals surface area contributed by atoms with Gasteiger partial charge in [-0.3, -0.25) is 9.59 Å². The first-order chi connectivity index (χ1) is 9.02. The number of β-lactam (4-membered cyclic amide) rings is 1. The number of aliphatic hydroxyl groups excluding tert-OH is 2. The van der Waals surface area contributed by atoms with Crippen LogP contribution in [0.25, 0.3) is 0 Å². The highest BCUT2D eigenvalue weighted by molar-refractivity contribution is 5.98. The van der Waals surface area contributed by atoms with E-state index in [1.54, 1.807) is 31.2 Å². The third kappa shape index (κ3) is 2.83. The van der Waals surface area contributed by atoms with Gasteiger partial charge in [0.1, 0.15) is 0 Å². The molecule has 1 aliphatic rings. The van der Waals surface area contributed by atoms with E-state index < -0.39 is 12.0 Å². The Balaban J connectivity index is 2.03. The lowest BCUT2D eigenvalue weighted by Crippen LogP contribution is -2.62. The zero-order chi connectivity index (χ0) is 14.0. The number of Topliss-reactive ketones (excluding diaryl/α,β-unsaturated/α-hetero) is 1. The summed E-state index contributed by atoms with van der Waals surface area (Å²) >= 11 is 0. The minimum Gasteiger partial charge on any atom is -0.393 e. The minimum atomic E-state index is -0.754. The monoisotopic (exact) mass is 263 g/mol. The average Bonchev–Trinajstić information content (AvgIpc) is 2.37. The summed E-state index contributed by atoms with van der Waals surface area (Å²) in [6.45, 7) is 1.44. The lowest BCUT2D eigenvalue weighted by molar-refractivity contribution is -0.140. The smallest absolute Gasteiger partial charge is 0.228 e. The molecular weight excluding hydrogens is 246 g/mol. The Bertz CT molecular complexity index is 498. The van der Waals surface area contributed by atoms with Gasteiger partial charge in [-0.15, -0.1) is 0 Å². The summed E-state index contributed by atoms with van der Waals surface area (Å²) in [7, 11) is 0. The van der Waals surface area contributed by atoms with Gasteiger partial charge in [0.05, 0.1) is 24.7 Å². The van der Waals surface area contributed by atoms with Gasteiger partial charge in [0.15, 0.2) is 5.78 Å². The largest absolute Gasteiger partial charge is 0.393 e. The molecule has 1 aliphatic heterocycles. The van der Waals surface area contributed by atoms with Gasteiger partial charge in [0.25, 0.3) is 0 Å². The summed E-state index contributed by atoms with van der Waals surface area (Å²) in [5.41, 5.74) is 1.19. The second-order valence-corrected chi connectivity index (χ2v) is 4.87. The number of hydrogen-bond donors (Lipinski definition) is 3.